The molecule has 0 aliphatic rings. The van der Waals surface area contributed by atoms with E-state index in [9.17, 15) is 13.2 Å². The lowest BCUT2D eigenvalue weighted by molar-refractivity contribution is 0.0784. The van der Waals surface area contributed by atoms with Gasteiger partial charge in [-0.15, -0.1) is 0 Å². The van der Waals surface area contributed by atoms with Crippen molar-refractivity contribution >= 4 is 33.2 Å². The van der Waals surface area contributed by atoms with Gasteiger partial charge in [-0.1, -0.05) is 35.9 Å². The van der Waals surface area contributed by atoms with Crippen molar-refractivity contribution in [2.75, 3.05) is 25.5 Å². The fourth-order valence-corrected chi connectivity index (χ4v) is 4.51. The number of hydrogen-bond donors (Lipinski definition) is 0. The summed E-state index contributed by atoms with van der Waals surface area (Å²) in [7, 11) is 0.829. The van der Waals surface area contributed by atoms with Crippen LogP contribution in [0.2, 0.25) is 5.02 Å². The molecule has 162 valence electrons. The van der Waals surface area contributed by atoms with Crippen LogP contribution in [0.3, 0.4) is 0 Å². The van der Waals surface area contributed by atoms with Crippen LogP contribution in [0, 0.1) is 0 Å². The molecule has 0 radical (unpaired) electrons. The smallest absolute Gasteiger partial charge is 0.264 e. The lowest BCUT2D eigenvalue weighted by Crippen LogP contribution is -2.28. The second-order valence-electron chi connectivity index (χ2n) is 6.99. The summed E-state index contributed by atoms with van der Waals surface area (Å²) in [4.78, 5) is 14.5. The molecule has 0 N–H and O–H groups in total. The van der Waals surface area contributed by atoms with E-state index in [1.165, 1.54) is 24.1 Å². The van der Waals surface area contributed by atoms with Crippen LogP contribution in [-0.4, -0.2) is 40.4 Å². The topological polar surface area (TPSA) is 66.9 Å². The summed E-state index contributed by atoms with van der Waals surface area (Å²) in [5, 5.41) is 0.433. The van der Waals surface area contributed by atoms with Crippen LogP contribution in [0.25, 0.3) is 0 Å². The van der Waals surface area contributed by atoms with Crippen molar-refractivity contribution < 1.29 is 17.9 Å². The highest BCUT2D eigenvalue weighted by Gasteiger charge is 2.23. The molecule has 6 nitrogen and oxygen atoms in total. The van der Waals surface area contributed by atoms with E-state index in [0.29, 0.717) is 23.0 Å². The summed E-state index contributed by atoms with van der Waals surface area (Å²) in [6, 6.07) is 20.0. The number of ether oxygens (including phenoxy) is 1. The number of methoxy groups -OCH3 is 1. The van der Waals surface area contributed by atoms with E-state index in [1.54, 1.807) is 50.6 Å². The first-order valence-electron chi connectivity index (χ1n) is 9.45. The maximum absolute atomic E-state index is 13.1. The summed E-state index contributed by atoms with van der Waals surface area (Å²) < 4.78 is 32.5. The quantitative estimate of drug-likeness (QED) is 0.524. The lowest BCUT2D eigenvalue weighted by atomic mass is 10.1. The molecule has 0 spiro atoms. The monoisotopic (exact) mass is 458 g/mol. The normalized spacial score (nSPS) is 11.1. The maximum atomic E-state index is 13.1. The zero-order valence-corrected chi connectivity index (χ0v) is 19.0. The minimum Gasteiger partial charge on any atom is -0.497 e. The highest BCUT2D eigenvalue weighted by atomic mass is 35.5. The number of carbonyl (C=O) groups excluding carboxylic acids is 1. The Balaban J connectivity index is 1.83. The second kappa shape index (κ2) is 9.41. The van der Waals surface area contributed by atoms with Crippen molar-refractivity contribution in [3.8, 4) is 5.75 Å². The molecule has 0 saturated carbocycles. The van der Waals surface area contributed by atoms with Gasteiger partial charge >= 0.3 is 0 Å². The molecule has 3 aromatic rings. The number of rotatable bonds is 7. The van der Waals surface area contributed by atoms with Gasteiger partial charge in [0.15, 0.2) is 0 Å². The third-order valence-electron chi connectivity index (χ3n) is 4.81. The summed E-state index contributed by atoms with van der Waals surface area (Å²) in [5.74, 6) is 0.417. The maximum Gasteiger partial charge on any atom is 0.264 e. The van der Waals surface area contributed by atoms with Crippen LogP contribution >= 0.6 is 11.6 Å². The van der Waals surface area contributed by atoms with Gasteiger partial charge in [-0.3, -0.25) is 9.10 Å². The van der Waals surface area contributed by atoms with Crippen LogP contribution in [-0.2, 0) is 16.6 Å². The average molecular weight is 459 g/mol. The van der Waals surface area contributed by atoms with E-state index in [4.69, 9.17) is 16.3 Å². The van der Waals surface area contributed by atoms with Crippen molar-refractivity contribution in [2.24, 2.45) is 0 Å². The number of anilines is 1. The first-order chi connectivity index (χ1) is 14.7. The molecule has 0 heterocycles. The first kappa shape index (κ1) is 22.7. The highest BCUT2D eigenvalue weighted by Crippen LogP contribution is 2.25. The van der Waals surface area contributed by atoms with Crippen LogP contribution < -0.4 is 9.04 Å². The van der Waals surface area contributed by atoms with Gasteiger partial charge in [0, 0.05) is 31.2 Å². The molecule has 0 aliphatic heterocycles. The van der Waals surface area contributed by atoms with E-state index in [-0.39, 0.29) is 16.4 Å². The van der Waals surface area contributed by atoms with Crippen LogP contribution in [0.4, 0.5) is 5.69 Å². The Morgan fingerprint density at radius 3 is 2.39 bits per heavy atom. The Morgan fingerprint density at radius 1 is 0.968 bits per heavy atom. The Kier molecular flexibility index (Phi) is 6.87. The molecule has 8 heteroatoms. The fourth-order valence-electron chi connectivity index (χ4n) is 3.10. The number of carbonyl (C=O) groups is 1. The zero-order chi connectivity index (χ0) is 22.6. The Hall–Kier alpha value is -3.03. The van der Waals surface area contributed by atoms with Gasteiger partial charge in [0.25, 0.3) is 15.9 Å². The van der Waals surface area contributed by atoms with E-state index >= 15 is 0 Å². The van der Waals surface area contributed by atoms with E-state index in [2.05, 4.69) is 0 Å². The Labute approximate surface area is 187 Å². The Morgan fingerprint density at radius 2 is 1.68 bits per heavy atom. The molecule has 3 aromatic carbocycles. The molecule has 0 saturated heterocycles. The average Bonchev–Trinajstić information content (AvgIpc) is 2.78. The van der Waals surface area contributed by atoms with Gasteiger partial charge in [-0.25, -0.2) is 8.42 Å². The predicted octanol–water partition coefficient (Wildman–Crippen LogP) is 4.45. The van der Waals surface area contributed by atoms with Crippen molar-refractivity contribution in [2.45, 2.75) is 11.4 Å². The van der Waals surface area contributed by atoms with Crippen LogP contribution in [0.1, 0.15) is 15.9 Å². The molecule has 0 unspecified atom stereocenters. The minimum atomic E-state index is -3.87. The molecule has 0 fully saturated rings. The lowest BCUT2D eigenvalue weighted by Gasteiger charge is -2.21. The Bertz CT molecular complexity index is 1200. The molecule has 3 rings (SSSR count). The number of halogens is 1. The van der Waals surface area contributed by atoms with Crippen molar-refractivity contribution in [1.29, 1.82) is 0 Å². The number of nitrogens with zero attached hydrogens (tertiary/aromatic N) is 2. The molecule has 0 aromatic heterocycles. The van der Waals surface area contributed by atoms with E-state index in [1.807, 2.05) is 24.3 Å². The summed E-state index contributed by atoms with van der Waals surface area (Å²) in [5.41, 5.74) is 1.62. The number of amides is 1. The summed E-state index contributed by atoms with van der Waals surface area (Å²) in [6.07, 6.45) is 0. The van der Waals surface area contributed by atoms with Gasteiger partial charge in [-0.2, -0.15) is 0 Å². The molecular formula is C23H23ClN2O4S. The van der Waals surface area contributed by atoms with Crippen molar-refractivity contribution in [1.82, 2.24) is 4.90 Å². The molecule has 0 aliphatic carbocycles. The standard InChI is InChI=1S/C23H23ClN2O4S/c1-25(16-17-7-4-11-21(13-17)30-3)23(27)18-8-5-12-22(14-18)31(28,29)26(2)20-10-6-9-19(24)15-20/h4-15H,16H2,1-3H3. The molecule has 0 atom stereocenters. The van der Waals surface area contributed by atoms with Gasteiger partial charge in [0.05, 0.1) is 17.7 Å². The number of sulfonamides is 1. The molecule has 1 amide bonds. The third-order valence-corrected chi connectivity index (χ3v) is 6.83. The molecular weight excluding hydrogens is 436 g/mol. The minimum absolute atomic E-state index is 0.0237. The summed E-state index contributed by atoms with van der Waals surface area (Å²) in [6.45, 7) is 0.357. The SMILES string of the molecule is COc1cccc(CN(C)C(=O)c2cccc(S(=O)(=O)N(C)c3cccc(Cl)c3)c2)c1. The van der Waals surface area contributed by atoms with Crippen LogP contribution in [0.15, 0.2) is 77.7 Å². The van der Waals surface area contributed by atoms with E-state index in [0.717, 1.165) is 9.87 Å². The highest BCUT2D eigenvalue weighted by molar-refractivity contribution is 7.92. The first-order valence-corrected chi connectivity index (χ1v) is 11.3. The van der Waals surface area contributed by atoms with E-state index < -0.39 is 10.0 Å². The van der Waals surface area contributed by atoms with Gasteiger partial charge in [0.1, 0.15) is 5.75 Å². The zero-order valence-electron chi connectivity index (χ0n) is 17.4. The number of benzene rings is 3. The van der Waals surface area contributed by atoms with Crippen molar-refractivity contribution in [3.05, 3.63) is 88.9 Å². The molecule has 31 heavy (non-hydrogen) atoms. The van der Waals surface area contributed by atoms with Crippen LogP contribution in [0.5, 0.6) is 5.75 Å². The fraction of sp³-hybridized carbons (Fsp3) is 0.174. The third kappa shape index (κ3) is 5.18. The van der Waals surface area contributed by atoms with Gasteiger partial charge in [-0.05, 0) is 54.1 Å². The van der Waals surface area contributed by atoms with Gasteiger partial charge < -0.3 is 9.64 Å². The molecule has 0 bridgehead atoms. The van der Waals surface area contributed by atoms with Gasteiger partial charge in [0.2, 0.25) is 0 Å². The van der Waals surface area contributed by atoms with Crippen molar-refractivity contribution in [3.63, 3.8) is 0 Å². The second-order valence-corrected chi connectivity index (χ2v) is 9.40. The number of hydrogen-bond acceptors (Lipinski definition) is 4. The summed E-state index contributed by atoms with van der Waals surface area (Å²) >= 11 is 5.99. The largest absolute Gasteiger partial charge is 0.497 e. The predicted molar refractivity (Wildman–Crippen MR) is 122 cm³/mol.